The molecule has 1 aliphatic heterocycles. The Labute approximate surface area is 136 Å². The fourth-order valence-electron chi connectivity index (χ4n) is 2.15. The largest absolute Gasteiger partial charge is 0.458 e. The van der Waals surface area contributed by atoms with E-state index >= 15 is 0 Å². The van der Waals surface area contributed by atoms with Crippen LogP contribution < -0.4 is 0 Å². The summed E-state index contributed by atoms with van der Waals surface area (Å²) in [4.78, 5) is 33.8. The zero-order valence-corrected chi connectivity index (χ0v) is 14.5. The van der Waals surface area contributed by atoms with E-state index in [1.54, 1.807) is 0 Å². The fraction of sp³-hybridized carbons (Fsp3) is 0.769. The summed E-state index contributed by atoms with van der Waals surface area (Å²) in [6.45, 7) is 5.56. The Morgan fingerprint density at radius 3 is 1.86 bits per heavy atom. The van der Waals surface area contributed by atoms with E-state index in [2.05, 4.69) is 22.6 Å². The molecule has 0 aromatic carbocycles. The van der Waals surface area contributed by atoms with Gasteiger partial charge in [-0.1, -0.05) is 29.5 Å². The van der Waals surface area contributed by atoms with Crippen LogP contribution in [0.1, 0.15) is 27.7 Å². The Morgan fingerprint density at radius 2 is 1.43 bits per heavy atom. The van der Waals surface area contributed by atoms with E-state index in [9.17, 15) is 14.4 Å². The summed E-state index contributed by atoms with van der Waals surface area (Å²) in [7, 11) is 0. The maximum absolute atomic E-state index is 11.3. The lowest BCUT2D eigenvalue weighted by atomic mass is 9.91. The van der Waals surface area contributed by atoms with Gasteiger partial charge in [0.15, 0.2) is 0 Å². The van der Waals surface area contributed by atoms with Crippen molar-refractivity contribution in [1.29, 1.82) is 0 Å². The van der Waals surface area contributed by atoms with Crippen LogP contribution in [0.5, 0.6) is 0 Å². The van der Waals surface area contributed by atoms with E-state index in [-0.39, 0.29) is 12.0 Å². The molecule has 1 unspecified atom stereocenters. The second-order valence-electron chi connectivity index (χ2n) is 4.81. The van der Waals surface area contributed by atoms with Crippen molar-refractivity contribution in [3.05, 3.63) is 0 Å². The van der Waals surface area contributed by atoms with Gasteiger partial charge in [0.2, 0.25) is 12.4 Å². The molecule has 1 saturated heterocycles. The van der Waals surface area contributed by atoms with Crippen molar-refractivity contribution in [2.45, 2.75) is 52.3 Å². The van der Waals surface area contributed by atoms with Gasteiger partial charge in [0.05, 0.1) is 6.10 Å². The third-order valence-corrected chi connectivity index (χ3v) is 3.91. The van der Waals surface area contributed by atoms with Gasteiger partial charge in [0.25, 0.3) is 0 Å². The van der Waals surface area contributed by atoms with Crippen LogP contribution >= 0.6 is 22.6 Å². The normalized spacial score (nSPS) is 32.1. The minimum absolute atomic E-state index is 0.207. The van der Waals surface area contributed by atoms with Crippen LogP contribution in [0, 0.1) is 5.92 Å². The van der Waals surface area contributed by atoms with Gasteiger partial charge in [-0.25, -0.2) is 0 Å². The van der Waals surface area contributed by atoms with E-state index in [4.69, 9.17) is 18.9 Å². The zero-order valence-electron chi connectivity index (χ0n) is 12.3. The van der Waals surface area contributed by atoms with Crippen molar-refractivity contribution in [3.8, 4) is 0 Å². The van der Waals surface area contributed by atoms with E-state index in [0.717, 1.165) is 0 Å². The third kappa shape index (κ3) is 5.10. The van der Waals surface area contributed by atoms with Crippen LogP contribution in [0.2, 0.25) is 0 Å². The summed E-state index contributed by atoms with van der Waals surface area (Å²) in [6.07, 6.45) is -3.09. The topological polar surface area (TPSA) is 88.1 Å². The molecule has 120 valence electrons. The van der Waals surface area contributed by atoms with Crippen molar-refractivity contribution in [2.75, 3.05) is 4.43 Å². The van der Waals surface area contributed by atoms with Gasteiger partial charge in [-0.2, -0.15) is 0 Å². The van der Waals surface area contributed by atoms with Gasteiger partial charge in [0, 0.05) is 31.1 Å². The molecule has 8 heteroatoms. The average Bonchev–Trinajstić information content (AvgIpc) is 2.35. The Hall–Kier alpha value is -0.900. The molecule has 0 aliphatic carbocycles. The Morgan fingerprint density at radius 1 is 0.952 bits per heavy atom. The lowest BCUT2D eigenvalue weighted by molar-refractivity contribution is -0.277. The first-order chi connectivity index (χ1) is 9.76. The van der Waals surface area contributed by atoms with Crippen molar-refractivity contribution in [3.63, 3.8) is 0 Å². The average molecular weight is 414 g/mol. The standard InChI is InChI=1S/C13H19IO7/c1-6-10(5-14)21-13(20-9(4)17)12(19-8(3)16)11(6)18-7(2)15/h6,10-13H,5H2,1-4H3/t6-,10-,11+,12+,13?/m1/s1. The number of ether oxygens (including phenoxy) is 4. The molecule has 0 spiro atoms. The summed E-state index contributed by atoms with van der Waals surface area (Å²) < 4.78 is 21.8. The number of rotatable bonds is 4. The summed E-state index contributed by atoms with van der Waals surface area (Å²) in [5.41, 5.74) is 0. The smallest absolute Gasteiger partial charge is 0.305 e. The lowest BCUT2D eigenvalue weighted by Gasteiger charge is -2.43. The van der Waals surface area contributed by atoms with Crippen LogP contribution in [-0.4, -0.2) is 46.9 Å². The molecular weight excluding hydrogens is 395 g/mol. The van der Waals surface area contributed by atoms with E-state index in [1.165, 1.54) is 20.8 Å². The summed E-state index contributed by atoms with van der Waals surface area (Å²) in [6, 6.07) is 0. The predicted molar refractivity (Wildman–Crippen MR) is 79.6 cm³/mol. The minimum Gasteiger partial charge on any atom is -0.458 e. The van der Waals surface area contributed by atoms with Gasteiger partial charge in [0.1, 0.15) is 6.10 Å². The molecular formula is C13H19IO7. The number of hydrogen-bond donors (Lipinski definition) is 0. The molecule has 0 aromatic heterocycles. The van der Waals surface area contributed by atoms with Gasteiger partial charge >= 0.3 is 17.9 Å². The van der Waals surface area contributed by atoms with Crippen molar-refractivity contribution < 1.29 is 33.3 Å². The molecule has 1 fully saturated rings. The molecule has 21 heavy (non-hydrogen) atoms. The van der Waals surface area contributed by atoms with Crippen LogP contribution in [0.15, 0.2) is 0 Å². The van der Waals surface area contributed by atoms with Crippen molar-refractivity contribution in [1.82, 2.24) is 0 Å². The molecule has 0 N–H and O–H groups in total. The second-order valence-corrected chi connectivity index (χ2v) is 5.69. The zero-order chi connectivity index (χ0) is 16.2. The van der Waals surface area contributed by atoms with Gasteiger partial charge in [-0.05, 0) is 0 Å². The maximum Gasteiger partial charge on any atom is 0.305 e. The minimum atomic E-state index is -1.09. The number of hydrogen-bond acceptors (Lipinski definition) is 7. The summed E-state index contributed by atoms with van der Waals surface area (Å²) >= 11 is 2.13. The van der Waals surface area contributed by atoms with E-state index in [1.807, 2.05) is 6.92 Å². The summed E-state index contributed by atoms with van der Waals surface area (Å²) in [5, 5.41) is 0. The first-order valence-corrected chi connectivity index (χ1v) is 8.02. The summed E-state index contributed by atoms with van der Waals surface area (Å²) in [5.74, 6) is -1.85. The third-order valence-electron chi connectivity index (χ3n) is 3.04. The van der Waals surface area contributed by atoms with Gasteiger partial charge in [-0.3, -0.25) is 14.4 Å². The molecule has 0 aromatic rings. The monoisotopic (exact) mass is 414 g/mol. The predicted octanol–water partition coefficient (Wildman–Crippen LogP) is 1.21. The number of alkyl halides is 1. The number of esters is 3. The SMILES string of the molecule is CC(=O)OC1O[C@H](CI)[C@@H](C)[C@H](OC(C)=O)[C@@H]1OC(C)=O. The van der Waals surface area contributed by atoms with Crippen LogP contribution in [0.4, 0.5) is 0 Å². The Balaban J connectivity index is 3.05. The van der Waals surface area contributed by atoms with Crippen LogP contribution in [0.3, 0.4) is 0 Å². The molecule has 0 saturated carbocycles. The molecule has 0 amide bonds. The fourth-order valence-corrected chi connectivity index (χ4v) is 3.16. The molecule has 1 aliphatic rings. The number of carbonyl (C=O) groups excluding carboxylic acids is 3. The second kappa shape index (κ2) is 7.92. The van der Waals surface area contributed by atoms with Crippen LogP contribution in [0.25, 0.3) is 0 Å². The highest BCUT2D eigenvalue weighted by Gasteiger charge is 2.49. The number of carbonyl (C=O) groups is 3. The molecule has 1 heterocycles. The molecule has 5 atom stereocenters. The molecule has 0 radical (unpaired) electrons. The maximum atomic E-state index is 11.3. The van der Waals surface area contributed by atoms with Crippen molar-refractivity contribution >= 4 is 40.5 Å². The van der Waals surface area contributed by atoms with Gasteiger partial charge in [-0.15, -0.1) is 0 Å². The van der Waals surface area contributed by atoms with Gasteiger partial charge < -0.3 is 18.9 Å². The van der Waals surface area contributed by atoms with E-state index in [0.29, 0.717) is 4.43 Å². The van der Waals surface area contributed by atoms with Crippen LogP contribution in [-0.2, 0) is 33.3 Å². The molecule has 7 nitrogen and oxygen atoms in total. The quantitative estimate of drug-likeness (QED) is 0.296. The lowest BCUT2D eigenvalue weighted by Crippen LogP contribution is -2.58. The Bertz CT molecular complexity index is 411. The van der Waals surface area contributed by atoms with Crippen molar-refractivity contribution in [2.24, 2.45) is 5.92 Å². The first kappa shape index (κ1) is 18.1. The van der Waals surface area contributed by atoms with E-state index < -0.39 is 36.4 Å². The Kier molecular flexibility index (Phi) is 6.85. The number of halogens is 1. The molecule has 0 bridgehead atoms. The highest BCUT2D eigenvalue weighted by molar-refractivity contribution is 14.1. The first-order valence-electron chi connectivity index (χ1n) is 6.49. The highest BCUT2D eigenvalue weighted by atomic mass is 127. The highest BCUT2D eigenvalue weighted by Crippen LogP contribution is 2.32. The molecule has 1 rings (SSSR count).